The Balaban J connectivity index is 2.08. The summed E-state index contributed by atoms with van der Waals surface area (Å²) in [5, 5.41) is 0. The summed E-state index contributed by atoms with van der Waals surface area (Å²) in [5.41, 5.74) is 0.476. The summed E-state index contributed by atoms with van der Waals surface area (Å²) in [6.07, 6.45) is 5.77. The van der Waals surface area contributed by atoms with Crippen LogP contribution in [-0.2, 0) is 4.74 Å². The van der Waals surface area contributed by atoms with Gasteiger partial charge < -0.3 is 9.64 Å². The molecule has 6 nitrogen and oxygen atoms in total. The number of carbonyl (C=O) groups is 2. The van der Waals surface area contributed by atoms with Crippen LogP contribution in [0.1, 0.15) is 62.6 Å². The van der Waals surface area contributed by atoms with Crippen LogP contribution < -0.4 is 0 Å². The Morgan fingerprint density at radius 1 is 1.26 bits per heavy atom. The van der Waals surface area contributed by atoms with Crippen molar-refractivity contribution in [3.8, 4) is 0 Å². The average molecular weight is 319 g/mol. The Morgan fingerprint density at radius 2 is 1.96 bits per heavy atom. The molecule has 1 amide bonds. The number of hydrogen-bond donors (Lipinski definition) is 0. The molecule has 1 aliphatic rings. The lowest BCUT2D eigenvalue weighted by Gasteiger charge is -2.36. The lowest BCUT2D eigenvalue weighted by molar-refractivity contribution is 0.00944. The molecule has 23 heavy (non-hydrogen) atoms. The maximum atomic E-state index is 12.5. The summed E-state index contributed by atoms with van der Waals surface area (Å²) >= 11 is 0. The van der Waals surface area contributed by atoms with E-state index in [1.54, 1.807) is 18.0 Å². The number of nitrogens with zero attached hydrogens (tertiary/aromatic N) is 3. The van der Waals surface area contributed by atoms with Gasteiger partial charge in [0, 0.05) is 31.4 Å². The minimum atomic E-state index is -0.537. The highest BCUT2D eigenvalue weighted by Gasteiger charge is 2.32. The molecule has 1 atom stereocenters. The van der Waals surface area contributed by atoms with Gasteiger partial charge in [-0.15, -0.1) is 0 Å². The predicted octanol–water partition coefficient (Wildman–Crippen LogP) is 3.15. The zero-order valence-electron chi connectivity index (χ0n) is 14.3. The van der Waals surface area contributed by atoms with Crippen LogP contribution >= 0.6 is 0 Å². The third kappa shape index (κ3) is 4.74. The third-order valence-electron chi connectivity index (χ3n) is 3.82. The molecule has 1 aromatic heterocycles. The first kappa shape index (κ1) is 17.4. The van der Waals surface area contributed by atoms with E-state index in [4.69, 9.17) is 4.74 Å². The van der Waals surface area contributed by atoms with E-state index in [-0.39, 0.29) is 24.3 Å². The summed E-state index contributed by atoms with van der Waals surface area (Å²) in [6.45, 7) is 7.94. The van der Waals surface area contributed by atoms with Crippen molar-refractivity contribution >= 4 is 11.9 Å². The standard InChI is InChI=1S/C17H25N3O3/c1-12-15(19-9-8-18-12)14(21)11-13-7-5-6-10-20(13)16(22)23-17(2,3)4/h8-9,13H,5-7,10-11H2,1-4H3. The molecule has 0 saturated carbocycles. The van der Waals surface area contributed by atoms with Crippen LogP contribution in [0.4, 0.5) is 4.79 Å². The smallest absolute Gasteiger partial charge is 0.410 e. The predicted molar refractivity (Wildman–Crippen MR) is 86.3 cm³/mol. The van der Waals surface area contributed by atoms with E-state index in [9.17, 15) is 9.59 Å². The summed E-state index contributed by atoms with van der Waals surface area (Å²) in [7, 11) is 0. The fourth-order valence-electron chi connectivity index (χ4n) is 2.77. The van der Waals surface area contributed by atoms with Gasteiger partial charge in [-0.2, -0.15) is 0 Å². The Hall–Kier alpha value is -1.98. The number of piperidine rings is 1. The lowest BCUT2D eigenvalue weighted by Crippen LogP contribution is -2.47. The Kier molecular flexibility index (Phi) is 5.34. The molecule has 1 saturated heterocycles. The van der Waals surface area contributed by atoms with Gasteiger partial charge in [0.25, 0.3) is 0 Å². The van der Waals surface area contributed by atoms with E-state index in [1.165, 1.54) is 6.20 Å². The summed E-state index contributed by atoms with van der Waals surface area (Å²) in [5.74, 6) is -0.0731. The Bertz CT molecular complexity index is 581. The maximum absolute atomic E-state index is 12.5. The second-order valence-corrected chi connectivity index (χ2v) is 6.94. The van der Waals surface area contributed by atoms with Gasteiger partial charge in [-0.1, -0.05) is 0 Å². The van der Waals surface area contributed by atoms with Crippen LogP contribution in [0, 0.1) is 6.92 Å². The van der Waals surface area contributed by atoms with E-state index >= 15 is 0 Å². The topological polar surface area (TPSA) is 72.4 Å². The summed E-state index contributed by atoms with van der Waals surface area (Å²) in [6, 6.07) is -0.132. The molecule has 1 aromatic rings. The van der Waals surface area contributed by atoms with Crippen molar-refractivity contribution in [3.05, 3.63) is 23.8 Å². The number of Topliss-reactive ketones (excluding diaryl/α,β-unsaturated/α-hetero) is 1. The molecule has 0 spiro atoms. The highest BCUT2D eigenvalue weighted by Crippen LogP contribution is 2.23. The number of aryl methyl sites for hydroxylation is 1. The minimum absolute atomic E-state index is 0.0731. The van der Waals surface area contributed by atoms with Crippen molar-refractivity contribution in [1.82, 2.24) is 14.9 Å². The second kappa shape index (κ2) is 7.06. The number of amides is 1. The van der Waals surface area contributed by atoms with Crippen molar-refractivity contribution in [3.63, 3.8) is 0 Å². The van der Waals surface area contributed by atoms with Crippen molar-refractivity contribution in [1.29, 1.82) is 0 Å². The number of carbonyl (C=O) groups excluding carboxylic acids is 2. The first-order valence-electron chi connectivity index (χ1n) is 8.08. The molecule has 0 N–H and O–H groups in total. The molecule has 0 radical (unpaired) electrons. The molecular formula is C17H25N3O3. The number of likely N-dealkylation sites (tertiary alicyclic amines) is 1. The van der Waals surface area contributed by atoms with Gasteiger partial charge in [-0.25, -0.2) is 9.78 Å². The molecule has 6 heteroatoms. The van der Waals surface area contributed by atoms with E-state index in [1.807, 2.05) is 20.8 Å². The second-order valence-electron chi connectivity index (χ2n) is 6.94. The fourth-order valence-corrected chi connectivity index (χ4v) is 2.77. The van der Waals surface area contributed by atoms with Crippen LogP contribution in [0.2, 0.25) is 0 Å². The third-order valence-corrected chi connectivity index (χ3v) is 3.82. The van der Waals surface area contributed by atoms with Crippen molar-refractivity contribution < 1.29 is 14.3 Å². The Labute approximate surface area is 137 Å². The molecule has 1 aliphatic heterocycles. The quantitative estimate of drug-likeness (QED) is 0.800. The maximum Gasteiger partial charge on any atom is 0.410 e. The van der Waals surface area contributed by atoms with Crippen molar-refractivity contribution in [2.24, 2.45) is 0 Å². The monoisotopic (exact) mass is 319 g/mol. The normalized spacial score (nSPS) is 18.6. The zero-order chi connectivity index (χ0) is 17.0. The van der Waals surface area contributed by atoms with E-state index in [0.717, 1.165) is 19.3 Å². The molecular weight excluding hydrogens is 294 g/mol. The molecule has 0 aromatic carbocycles. The first-order chi connectivity index (χ1) is 10.8. The van der Waals surface area contributed by atoms with Crippen LogP contribution in [-0.4, -0.2) is 44.9 Å². The first-order valence-corrected chi connectivity index (χ1v) is 8.08. The van der Waals surface area contributed by atoms with Crippen LogP contribution in [0.3, 0.4) is 0 Å². The molecule has 2 heterocycles. The van der Waals surface area contributed by atoms with Gasteiger partial charge in [0.1, 0.15) is 11.3 Å². The average Bonchev–Trinajstić information content (AvgIpc) is 2.46. The van der Waals surface area contributed by atoms with Gasteiger partial charge in [-0.3, -0.25) is 9.78 Å². The van der Waals surface area contributed by atoms with Crippen LogP contribution in [0.25, 0.3) is 0 Å². The highest BCUT2D eigenvalue weighted by molar-refractivity contribution is 5.95. The van der Waals surface area contributed by atoms with Gasteiger partial charge in [-0.05, 0) is 47.0 Å². The summed E-state index contributed by atoms with van der Waals surface area (Å²) in [4.78, 5) is 34.8. The van der Waals surface area contributed by atoms with Gasteiger partial charge in [0.2, 0.25) is 0 Å². The number of aromatic nitrogens is 2. The molecule has 0 bridgehead atoms. The number of hydrogen-bond acceptors (Lipinski definition) is 5. The summed E-state index contributed by atoms with van der Waals surface area (Å²) < 4.78 is 5.47. The van der Waals surface area contributed by atoms with Crippen molar-refractivity contribution in [2.45, 2.75) is 65.0 Å². The number of ketones is 1. The van der Waals surface area contributed by atoms with E-state index in [0.29, 0.717) is 17.9 Å². The number of rotatable bonds is 3. The van der Waals surface area contributed by atoms with Crippen LogP contribution in [0.5, 0.6) is 0 Å². The molecule has 1 unspecified atom stereocenters. The van der Waals surface area contributed by atoms with E-state index < -0.39 is 5.60 Å². The SMILES string of the molecule is Cc1nccnc1C(=O)CC1CCCCN1C(=O)OC(C)(C)C. The largest absolute Gasteiger partial charge is 0.444 e. The van der Waals surface area contributed by atoms with Crippen LogP contribution in [0.15, 0.2) is 12.4 Å². The fraction of sp³-hybridized carbons (Fsp3) is 0.647. The zero-order valence-corrected chi connectivity index (χ0v) is 14.3. The van der Waals surface area contributed by atoms with Gasteiger partial charge in [0.05, 0.1) is 5.69 Å². The molecule has 126 valence electrons. The van der Waals surface area contributed by atoms with Gasteiger partial charge in [0.15, 0.2) is 5.78 Å². The Morgan fingerprint density at radius 3 is 2.61 bits per heavy atom. The minimum Gasteiger partial charge on any atom is -0.444 e. The molecule has 0 aliphatic carbocycles. The molecule has 2 rings (SSSR count). The van der Waals surface area contributed by atoms with Crippen molar-refractivity contribution in [2.75, 3.05) is 6.54 Å². The number of ether oxygens (including phenoxy) is 1. The highest BCUT2D eigenvalue weighted by atomic mass is 16.6. The molecule has 1 fully saturated rings. The lowest BCUT2D eigenvalue weighted by atomic mass is 9.96. The van der Waals surface area contributed by atoms with E-state index in [2.05, 4.69) is 9.97 Å². The van der Waals surface area contributed by atoms with Gasteiger partial charge >= 0.3 is 6.09 Å².